The Morgan fingerprint density at radius 1 is 1.50 bits per heavy atom. The van der Waals surface area contributed by atoms with E-state index in [1.54, 1.807) is 0 Å². The Balaban J connectivity index is 2.02. The highest BCUT2D eigenvalue weighted by Gasteiger charge is 2.17. The summed E-state index contributed by atoms with van der Waals surface area (Å²) in [6.07, 6.45) is 6.39. The summed E-state index contributed by atoms with van der Waals surface area (Å²) in [6, 6.07) is 0.831. The van der Waals surface area contributed by atoms with Crippen LogP contribution in [-0.4, -0.2) is 42.5 Å². The first kappa shape index (κ1) is 15.4. The molecule has 0 spiro atoms. The molecular formula is C14H29N3O. The fourth-order valence-corrected chi connectivity index (χ4v) is 2.45. The van der Waals surface area contributed by atoms with Crippen molar-refractivity contribution in [3.63, 3.8) is 0 Å². The lowest BCUT2D eigenvalue weighted by atomic mass is 10.0. The van der Waals surface area contributed by atoms with Crippen molar-refractivity contribution < 1.29 is 4.79 Å². The first-order valence-electron chi connectivity index (χ1n) is 7.36. The van der Waals surface area contributed by atoms with Crippen molar-refractivity contribution in [3.8, 4) is 0 Å². The van der Waals surface area contributed by atoms with Gasteiger partial charge in [0.05, 0.1) is 0 Å². The molecule has 0 aromatic rings. The van der Waals surface area contributed by atoms with E-state index in [0.29, 0.717) is 12.5 Å². The molecule has 18 heavy (non-hydrogen) atoms. The minimum atomic E-state index is 0.116. The molecule has 106 valence electrons. The quantitative estimate of drug-likeness (QED) is 0.678. The standard InChI is InChI=1S/C14H29N3O/c1-12(15)7-8-14(18)16-9-5-11-17-10-4-3-6-13(17)2/h12-13H,3-11,15H2,1-2H3,(H,16,18). The van der Waals surface area contributed by atoms with Crippen LogP contribution in [0.25, 0.3) is 0 Å². The third kappa shape index (κ3) is 6.36. The molecule has 1 aliphatic rings. The second-order valence-electron chi connectivity index (χ2n) is 5.60. The molecule has 2 unspecified atom stereocenters. The number of amides is 1. The molecule has 4 nitrogen and oxygen atoms in total. The van der Waals surface area contributed by atoms with Crippen LogP contribution in [0.5, 0.6) is 0 Å². The number of likely N-dealkylation sites (tertiary alicyclic amines) is 1. The Kier molecular flexibility index (Phi) is 7.28. The highest BCUT2D eigenvalue weighted by atomic mass is 16.1. The molecule has 2 atom stereocenters. The Morgan fingerprint density at radius 3 is 2.94 bits per heavy atom. The van der Waals surface area contributed by atoms with Gasteiger partial charge < -0.3 is 16.0 Å². The zero-order valence-electron chi connectivity index (χ0n) is 12.0. The minimum absolute atomic E-state index is 0.116. The van der Waals surface area contributed by atoms with Crippen LogP contribution in [0.1, 0.15) is 52.4 Å². The van der Waals surface area contributed by atoms with E-state index in [-0.39, 0.29) is 11.9 Å². The molecule has 1 heterocycles. The summed E-state index contributed by atoms with van der Waals surface area (Å²) in [5, 5.41) is 2.97. The maximum atomic E-state index is 11.5. The maximum Gasteiger partial charge on any atom is 0.220 e. The Bertz CT molecular complexity index is 243. The van der Waals surface area contributed by atoms with Crippen LogP contribution in [0.15, 0.2) is 0 Å². The molecule has 0 saturated carbocycles. The molecule has 1 saturated heterocycles. The largest absolute Gasteiger partial charge is 0.356 e. The molecule has 0 bridgehead atoms. The van der Waals surface area contributed by atoms with Crippen molar-refractivity contribution in [1.29, 1.82) is 0 Å². The summed E-state index contributed by atoms with van der Waals surface area (Å²) >= 11 is 0. The van der Waals surface area contributed by atoms with Gasteiger partial charge in [-0.2, -0.15) is 0 Å². The van der Waals surface area contributed by atoms with Crippen LogP contribution >= 0.6 is 0 Å². The number of piperidine rings is 1. The monoisotopic (exact) mass is 255 g/mol. The van der Waals surface area contributed by atoms with Gasteiger partial charge in [-0.1, -0.05) is 6.42 Å². The first-order valence-corrected chi connectivity index (χ1v) is 7.36. The van der Waals surface area contributed by atoms with Crippen molar-refractivity contribution >= 4 is 5.91 Å². The van der Waals surface area contributed by atoms with Crippen LogP contribution in [0, 0.1) is 0 Å². The molecule has 4 heteroatoms. The Labute approximate surface area is 111 Å². The maximum absolute atomic E-state index is 11.5. The normalized spacial score (nSPS) is 22.7. The van der Waals surface area contributed by atoms with Crippen molar-refractivity contribution in [2.75, 3.05) is 19.6 Å². The number of carbonyl (C=O) groups is 1. The zero-order chi connectivity index (χ0) is 13.4. The van der Waals surface area contributed by atoms with Crippen LogP contribution in [0.2, 0.25) is 0 Å². The van der Waals surface area contributed by atoms with Gasteiger partial charge in [-0.3, -0.25) is 4.79 Å². The van der Waals surface area contributed by atoms with Crippen molar-refractivity contribution in [2.45, 2.75) is 64.5 Å². The lowest BCUT2D eigenvalue weighted by Gasteiger charge is -2.33. The van der Waals surface area contributed by atoms with E-state index in [2.05, 4.69) is 17.1 Å². The summed E-state index contributed by atoms with van der Waals surface area (Å²) in [6.45, 7) is 7.36. The van der Waals surface area contributed by atoms with E-state index in [9.17, 15) is 4.79 Å². The number of rotatable bonds is 7. The van der Waals surface area contributed by atoms with E-state index in [4.69, 9.17) is 5.73 Å². The van der Waals surface area contributed by atoms with Gasteiger partial charge in [0.2, 0.25) is 5.91 Å². The van der Waals surface area contributed by atoms with Gasteiger partial charge >= 0.3 is 0 Å². The van der Waals surface area contributed by atoms with E-state index < -0.39 is 0 Å². The van der Waals surface area contributed by atoms with Crippen LogP contribution in [0.3, 0.4) is 0 Å². The molecule has 0 aliphatic carbocycles. The summed E-state index contributed by atoms with van der Waals surface area (Å²) in [4.78, 5) is 14.0. The molecular weight excluding hydrogens is 226 g/mol. The Hall–Kier alpha value is -0.610. The number of nitrogens with two attached hydrogens (primary N) is 1. The number of carbonyl (C=O) groups excluding carboxylic acids is 1. The average Bonchev–Trinajstić information content (AvgIpc) is 2.34. The second-order valence-corrected chi connectivity index (χ2v) is 5.60. The molecule has 0 aromatic carbocycles. The minimum Gasteiger partial charge on any atom is -0.356 e. The highest BCUT2D eigenvalue weighted by Crippen LogP contribution is 2.15. The van der Waals surface area contributed by atoms with Gasteiger partial charge in [-0.15, -0.1) is 0 Å². The summed E-state index contributed by atoms with van der Waals surface area (Å²) in [5.74, 6) is 0.138. The third-order valence-electron chi connectivity index (χ3n) is 3.71. The predicted octanol–water partition coefficient (Wildman–Crippen LogP) is 1.49. The van der Waals surface area contributed by atoms with Crippen LogP contribution in [-0.2, 0) is 4.79 Å². The Morgan fingerprint density at radius 2 is 2.28 bits per heavy atom. The number of nitrogens with zero attached hydrogens (tertiary/aromatic N) is 1. The van der Waals surface area contributed by atoms with Crippen LogP contribution < -0.4 is 11.1 Å². The van der Waals surface area contributed by atoms with Gasteiger partial charge in [0.1, 0.15) is 0 Å². The van der Waals surface area contributed by atoms with E-state index in [1.165, 1.54) is 25.8 Å². The predicted molar refractivity (Wildman–Crippen MR) is 75.4 cm³/mol. The van der Waals surface area contributed by atoms with Crippen LogP contribution in [0.4, 0.5) is 0 Å². The summed E-state index contributed by atoms with van der Waals surface area (Å²) in [5.41, 5.74) is 5.62. The first-order chi connectivity index (χ1) is 8.59. The molecule has 1 fully saturated rings. The third-order valence-corrected chi connectivity index (χ3v) is 3.71. The molecule has 0 aromatic heterocycles. The lowest BCUT2D eigenvalue weighted by Crippen LogP contribution is -2.39. The summed E-state index contributed by atoms with van der Waals surface area (Å²) in [7, 11) is 0. The molecule has 1 rings (SSSR count). The van der Waals surface area contributed by atoms with Gasteiger partial charge in [-0.25, -0.2) is 0 Å². The highest BCUT2D eigenvalue weighted by molar-refractivity contribution is 5.75. The topological polar surface area (TPSA) is 58.4 Å². The van der Waals surface area contributed by atoms with Gasteiger partial charge in [0.15, 0.2) is 0 Å². The fourth-order valence-electron chi connectivity index (χ4n) is 2.45. The van der Waals surface area contributed by atoms with Crippen molar-refractivity contribution in [2.24, 2.45) is 5.73 Å². The smallest absolute Gasteiger partial charge is 0.220 e. The van der Waals surface area contributed by atoms with E-state index >= 15 is 0 Å². The van der Waals surface area contributed by atoms with Gasteiger partial charge in [0, 0.05) is 31.6 Å². The molecule has 1 aliphatic heterocycles. The number of nitrogens with one attached hydrogen (secondary N) is 1. The van der Waals surface area contributed by atoms with Gasteiger partial charge in [0.25, 0.3) is 0 Å². The number of hydrogen-bond donors (Lipinski definition) is 2. The van der Waals surface area contributed by atoms with Crippen molar-refractivity contribution in [1.82, 2.24) is 10.2 Å². The molecule has 3 N–H and O–H groups in total. The average molecular weight is 255 g/mol. The summed E-state index contributed by atoms with van der Waals surface area (Å²) < 4.78 is 0. The number of hydrogen-bond acceptors (Lipinski definition) is 3. The molecule has 1 amide bonds. The molecule has 0 radical (unpaired) electrons. The second kappa shape index (κ2) is 8.48. The SMILES string of the molecule is CC(N)CCC(=O)NCCCN1CCCCC1C. The zero-order valence-corrected chi connectivity index (χ0v) is 12.0. The lowest BCUT2D eigenvalue weighted by molar-refractivity contribution is -0.121. The van der Waals surface area contributed by atoms with Gasteiger partial charge in [-0.05, 0) is 46.1 Å². The van der Waals surface area contributed by atoms with Crippen molar-refractivity contribution in [3.05, 3.63) is 0 Å². The van der Waals surface area contributed by atoms with E-state index in [0.717, 1.165) is 25.9 Å². The van der Waals surface area contributed by atoms with E-state index in [1.807, 2.05) is 6.92 Å². The fraction of sp³-hybridized carbons (Fsp3) is 0.929.